The second-order valence-electron chi connectivity index (χ2n) is 5.26. The summed E-state index contributed by atoms with van der Waals surface area (Å²) >= 11 is 0. The summed E-state index contributed by atoms with van der Waals surface area (Å²) < 4.78 is 0. The van der Waals surface area contributed by atoms with Crippen LogP contribution >= 0.6 is 0 Å². The summed E-state index contributed by atoms with van der Waals surface area (Å²) in [6.07, 6.45) is 2.30. The standard InChI is InChI=1S/C15H24N2/c1-3-15(13-7-5-4-6-8-13)17-10-9-14(16)12(2)11-17/h4-8,12,14-15H,3,9-11,16H2,1-2H3. The fraction of sp³-hybridized carbons (Fsp3) is 0.600. The summed E-state index contributed by atoms with van der Waals surface area (Å²) in [5.41, 5.74) is 7.54. The molecule has 1 heterocycles. The number of nitrogens with two attached hydrogens (primary N) is 1. The maximum absolute atomic E-state index is 6.09. The van der Waals surface area contributed by atoms with Gasteiger partial charge in [-0.2, -0.15) is 0 Å². The average Bonchev–Trinajstić information content (AvgIpc) is 2.36. The van der Waals surface area contributed by atoms with Crippen molar-refractivity contribution < 1.29 is 0 Å². The molecule has 1 aromatic carbocycles. The smallest absolute Gasteiger partial charge is 0.0345 e. The highest BCUT2D eigenvalue weighted by molar-refractivity contribution is 5.19. The molecule has 94 valence electrons. The molecular formula is C15H24N2. The number of hydrogen-bond acceptors (Lipinski definition) is 2. The van der Waals surface area contributed by atoms with Gasteiger partial charge in [0.2, 0.25) is 0 Å². The zero-order valence-corrected chi connectivity index (χ0v) is 11.0. The van der Waals surface area contributed by atoms with Crippen molar-refractivity contribution in [3.63, 3.8) is 0 Å². The van der Waals surface area contributed by atoms with Crippen molar-refractivity contribution in [2.24, 2.45) is 11.7 Å². The molecule has 0 saturated carbocycles. The Morgan fingerprint density at radius 1 is 1.35 bits per heavy atom. The van der Waals surface area contributed by atoms with Crippen molar-refractivity contribution in [3.8, 4) is 0 Å². The van der Waals surface area contributed by atoms with Crippen LogP contribution in [0.2, 0.25) is 0 Å². The van der Waals surface area contributed by atoms with E-state index < -0.39 is 0 Å². The van der Waals surface area contributed by atoms with Gasteiger partial charge in [0, 0.05) is 25.2 Å². The van der Waals surface area contributed by atoms with Crippen LogP contribution in [0.25, 0.3) is 0 Å². The van der Waals surface area contributed by atoms with E-state index in [1.54, 1.807) is 0 Å². The van der Waals surface area contributed by atoms with E-state index in [0.717, 1.165) is 19.5 Å². The van der Waals surface area contributed by atoms with Gasteiger partial charge in [-0.25, -0.2) is 0 Å². The van der Waals surface area contributed by atoms with Crippen molar-refractivity contribution in [1.29, 1.82) is 0 Å². The van der Waals surface area contributed by atoms with Crippen molar-refractivity contribution in [1.82, 2.24) is 4.90 Å². The highest BCUT2D eigenvalue weighted by atomic mass is 15.2. The van der Waals surface area contributed by atoms with Crippen LogP contribution < -0.4 is 5.73 Å². The van der Waals surface area contributed by atoms with Gasteiger partial charge in [-0.1, -0.05) is 44.2 Å². The predicted molar refractivity (Wildman–Crippen MR) is 72.8 cm³/mol. The second-order valence-corrected chi connectivity index (χ2v) is 5.26. The number of nitrogens with zero attached hydrogens (tertiary/aromatic N) is 1. The molecule has 0 bridgehead atoms. The molecule has 2 rings (SSSR count). The summed E-state index contributed by atoms with van der Waals surface area (Å²) in [6, 6.07) is 11.8. The summed E-state index contributed by atoms with van der Waals surface area (Å²) in [6.45, 7) is 6.82. The highest BCUT2D eigenvalue weighted by Gasteiger charge is 2.27. The van der Waals surface area contributed by atoms with E-state index in [1.165, 1.54) is 12.0 Å². The van der Waals surface area contributed by atoms with Crippen molar-refractivity contribution in [3.05, 3.63) is 35.9 Å². The van der Waals surface area contributed by atoms with E-state index >= 15 is 0 Å². The number of likely N-dealkylation sites (tertiary alicyclic amines) is 1. The van der Waals surface area contributed by atoms with E-state index in [-0.39, 0.29) is 0 Å². The van der Waals surface area contributed by atoms with Gasteiger partial charge in [0.05, 0.1) is 0 Å². The molecule has 0 radical (unpaired) electrons. The van der Waals surface area contributed by atoms with Gasteiger partial charge in [-0.3, -0.25) is 4.90 Å². The molecule has 3 unspecified atom stereocenters. The quantitative estimate of drug-likeness (QED) is 0.868. The monoisotopic (exact) mass is 232 g/mol. The first-order valence-corrected chi connectivity index (χ1v) is 6.77. The Morgan fingerprint density at radius 2 is 2.06 bits per heavy atom. The van der Waals surface area contributed by atoms with Gasteiger partial charge < -0.3 is 5.73 Å². The first kappa shape index (κ1) is 12.6. The molecule has 1 aliphatic rings. The molecule has 3 atom stereocenters. The van der Waals surface area contributed by atoms with Crippen LogP contribution in [-0.2, 0) is 0 Å². The lowest BCUT2D eigenvalue weighted by atomic mass is 9.91. The van der Waals surface area contributed by atoms with Crippen LogP contribution in [0.5, 0.6) is 0 Å². The Kier molecular flexibility index (Phi) is 4.19. The largest absolute Gasteiger partial charge is 0.327 e. The molecule has 2 N–H and O–H groups in total. The van der Waals surface area contributed by atoms with Crippen molar-refractivity contribution in [2.75, 3.05) is 13.1 Å². The lowest BCUT2D eigenvalue weighted by Gasteiger charge is -2.40. The van der Waals surface area contributed by atoms with Crippen molar-refractivity contribution in [2.45, 2.75) is 38.8 Å². The molecule has 2 heteroatoms. The lowest BCUT2D eigenvalue weighted by Crippen LogP contribution is -2.47. The number of hydrogen-bond donors (Lipinski definition) is 1. The number of rotatable bonds is 3. The van der Waals surface area contributed by atoms with E-state index in [4.69, 9.17) is 5.73 Å². The Balaban J connectivity index is 2.09. The van der Waals surface area contributed by atoms with Crippen LogP contribution in [0.3, 0.4) is 0 Å². The molecule has 0 aliphatic carbocycles. The Hall–Kier alpha value is -0.860. The van der Waals surface area contributed by atoms with E-state index in [0.29, 0.717) is 18.0 Å². The highest BCUT2D eigenvalue weighted by Crippen LogP contribution is 2.28. The molecule has 0 amide bonds. The molecule has 0 spiro atoms. The minimum Gasteiger partial charge on any atom is -0.327 e. The van der Waals surface area contributed by atoms with E-state index in [2.05, 4.69) is 49.1 Å². The fourth-order valence-electron chi connectivity index (χ4n) is 2.86. The third-order valence-electron chi connectivity index (χ3n) is 4.01. The van der Waals surface area contributed by atoms with Crippen LogP contribution in [0.1, 0.15) is 38.3 Å². The third kappa shape index (κ3) is 2.88. The summed E-state index contributed by atoms with van der Waals surface area (Å²) in [5, 5.41) is 0. The van der Waals surface area contributed by atoms with Crippen LogP contribution in [0.4, 0.5) is 0 Å². The van der Waals surface area contributed by atoms with Gasteiger partial charge in [0.15, 0.2) is 0 Å². The zero-order chi connectivity index (χ0) is 12.3. The second kappa shape index (κ2) is 5.65. The van der Waals surface area contributed by atoms with Gasteiger partial charge in [-0.15, -0.1) is 0 Å². The summed E-state index contributed by atoms with van der Waals surface area (Å²) in [4.78, 5) is 2.60. The van der Waals surface area contributed by atoms with Crippen molar-refractivity contribution >= 4 is 0 Å². The minimum atomic E-state index is 0.388. The van der Waals surface area contributed by atoms with Crippen LogP contribution in [-0.4, -0.2) is 24.0 Å². The minimum absolute atomic E-state index is 0.388. The summed E-state index contributed by atoms with van der Waals surface area (Å²) in [7, 11) is 0. The molecule has 1 fully saturated rings. The molecule has 0 aromatic heterocycles. The topological polar surface area (TPSA) is 29.3 Å². The lowest BCUT2D eigenvalue weighted by molar-refractivity contribution is 0.113. The first-order valence-electron chi connectivity index (χ1n) is 6.77. The molecule has 1 aliphatic heterocycles. The first-order chi connectivity index (χ1) is 8.22. The Morgan fingerprint density at radius 3 is 2.65 bits per heavy atom. The van der Waals surface area contributed by atoms with Crippen LogP contribution in [0, 0.1) is 5.92 Å². The number of benzene rings is 1. The average molecular weight is 232 g/mol. The third-order valence-corrected chi connectivity index (χ3v) is 4.01. The Labute approximate surface area is 105 Å². The summed E-state index contributed by atoms with van der Waals surface area (Å²) in [5.74, 6) is 0.613. The van der Waals surface area contributed by atoms with E-state index in [9.17, 15) is 0 Å². The maximum Gasteiger partial charge on any atom is 0.0345 e. The zero-order valence-electron chi connectivity index (χ0n) is 11.0. The molecule has 1 aromatic rings. The van der Waals surface area contributed by atoms with Gasteiger partial charge >= 0.3 is 0 Å². The predicted octanol–water partition coefficient (Wildman–Crippen LogP) is 2.81. The van der Waals surface area contributed by atoms with Gasteiger partial charge in [0.25, 0.3) is 0 Å². The maximum atomic E-state index is 6.09. The van der Waals surface area contributed by atoms with Gasteiger partial charge in [-0.05, 0) is 24.3 Å². The Bertz CT molecular complexity index is 336. The number of piperidine rings is 1. The molecular weight excluding hydrogens is 208 g/mol. The fourth-order valence-corrected chi connectivity index (χ4v) is 2.86. The molecule has 17 heavy (non-hydrogen) atoms. The normalized spacial score (nSPS) is 27.9. The molecule has 1 saturated heterocycles. The SMILES string of the molecule is CCC(c1ccccc1)N1CCC(N)C(C)C1. The van der Waals surface area contributed by atoms with Gasteiger partial charge in [0.1, 0.15) is 0 Å². The molecule has 2 nitrogen and oxygen atoms in total. The van der Waals surface area contributed by atoms with E-state index in [1.807, 2.05) is 0 Å². The van der Waals surface area contributed by atoms with Crippen LogP contribution in [0.15, 0.2) is 30.3 Å².